The summed E-state index contributed by atoms with van der Waals surface area (Å²) < 4.78 is 5.08. The van der Waals surface area contributed by atoms with Crippen LogP contribution in [-0.4, -0.2) is 19.1 Å². The number of carbonyl (C=O) groups is 1. The van der Waals surface area contributed by atoms with Crippen LogP contribution in [0, 0.1) is 5.92 Å². The van der Waals surface area contributed by atoms with E-state index in [-0.39, 0.29) is 11.9 Å². The van der Waals surface area contributed by atoms with E-state index in [2.05, 4.69) is 5.32 Å². The fraction of sp³-hybridized carbons (Fsp3) is 0.462. The Hall–Kier alpha value is -1.55. The van der Waals surface area contributed by atoms with Crippen molar-refractivity contribution >= 4 is 11.6 Å². The van der Waals surface area contributed by atoms with Crippen LogP contribution < -0.4 is 15.8 Å². The average molecular weight is 236 g/mol. The van der Waals surface area contributed by atoms with Crippen LogP contribution in [0.5, 0.6) is 5.75 Å². The topological polar surface area (TPSA) is 64.3 Å². The van der Waals surface area contributed by atoms with Crippen LogP contribution in [-0.2, 0) is 4.79 Å². The first-order chi connectivity index (χ1) is 8.02. The first-order valence-electron chi connectivity index (χ1n) is 5.72. The van der Waals surface area contributed by atoms with Gasteiger partial charge in [-0.15, -0.1) is 0 Å². The van der Waals surface area contributed by atoms with E-state index in [0.717, 1.165) is 11.4 Å². The van der Waals surface area contributed by atoms with Crippen LogP contribution >= 0.6 is 0 Å². The summed E-state index contributed by atoms with van der Waals surface area (Å²) in [7, 11) is 1.59. The number of hydrogen-bond donors (Lipinski definition) is 2. The summed E-state index contributed by atoms with van der Waals surface area (Å²) in [6.07, 6.45) is 0.328. The number of nitrogens with one attached hydrogen (secondary N) is 1. The van der Waals surface area contributed by atoms with Gasteiger partial charge in [-0.3, -0.25) is 4.79 Å². The second kappa shape index (κ2) is 6.25. The number of carbonyl (C=O) groups excluding carboxylic acids is 1. The van der Waals surface area contributed by atoms with Crippen LogP contribution in [0.15, 0.2) is 24.3 Å². The van der Waals surface area contributed by atoms with Crippen LogP contribution in [0.1, 0.15) is 20.3 Å². The Balaban J connectivity index is 2.55. The van der Waals surface area contributed by atoms with Crippen molar-refractivity contribution in [2.24, 2.45) is 11.7 Å². The zero-order chi connectivity index (χ0) is 12.8. The highest BCUT2D eigenvalue weighted by Gasteiger charge is 2.13. The molecule has 0 saturated heterocycles. The zero-order valence-electron chi connectivity index (χ0n) is 10.6. The summed E-state index contributed by atoms with van der Waals surface area (Å²) in [5.41, 5.74) is 6.57. The predicted octanol–water partition coefficient (Wildman–Crippen LogP) is 2.01. The molecule has 1 aromatic rings. The van der Waals surface area contributed by atoms with Gasteiger partial charge in [-0.1, -0.05) is 19.9 Å². The summed E-state index contributed by atoms with van der Waals surface area (Å²) in [6.45, 7) is 4.01. The van der Waals surface area contributed by atoms with Crippen molar-refractivity contribution in [1.29, 1.82) is 0 Å². The van der Waals surface area contributed by atoms with E-state index < -0.39 is 0 Å². The Morgan fingerprint density at radius 2 is 2.18 bits per heavy atom. The third kappa shape index (κ3) is 4.44. The molecule has 0 fully saturated rings. The monoisotopic (exact) mass is 236 g/mol. The number of methoxy groups -OCH3 is 1. The largest absolute Gasteiger partial charge is 0.497 e. The Morgan fingerprint density at radius 1 is 1.47 bits per heavy atom. The quantitative estimate of drug-likeness (QED) is 0.822. The van der Waals surface area contributed by atoms with E-state index in [1.54, 1.807) is 13.2 Å². The molecule has 0 aromatic heterocycles. The van der Waals surface area contributed by atoms with Crippen LogP contribution in [0.25, 0.3) is 0 Å². The average Bonchev–Trinajstić information content (AvgIpc) is 2.28. The maximum Gasteiger partial charge on any atom is 0.225 e. The van der Waals surface area contributed by atoms with Gasteiger partial charge < -0.3 is 15.8 Å². The van der Waals surface area contributed by atoms with Gasteiger partial charge >= 0.3 is 0 Å². The van der Waals surface area contributed by atoms with Crippen LogP contribution in [0.2, 0.25) is 0 Å². The summed E-state index contributed by atoms with van der Waals surface area (Å²) in [5, 5.41) is 2.80. The minimum Gasteiger partial charge on any atom is -0.497 e. The van der Waals surface area contributed by atoms with Crippen LogP contribution in [0.3, 0.4) is 0 Å². The minimum atomic E-state index is -0.111. The molecule has 1 atom stereocenters. The number of rotatable bonds is 5. The van der Waals surface area contributed by atoms with Gasteiger partial charge in [0.15, 0.2) is 0 Å². The second-order valence-electron chi connectivity index (χ2n) is 4.39. The van der Waals surface area contributed by atoms with Crippen molar-refractivity contribution in [3.05, 3.63) is 24.3 Å². The molecule has 0 spiro atoms. The highest BCUT2D eigenvalue weighted by Crippen LogP contribution is 2.17. The van der Waals surface area contributed by atoms with E-state index in [1.807, 2.05) is 32.0 Å². The van der Waals surface area contributed by atoms with Crippen molar-refractivity contribution in [3.63, 3.8) is 0 Å². The molecule has 4 heteroatoms. The highest BCUT2D eigenvalue weighted by molar-refractivity contribution is 5.91. The number of hydrogen-bond acceptors (Lipinski definition) is 3. The third-order valence-corrected chi connectivity index (χ3v) is 2.63. The number of nitrogens with two attached hydrogens (primary N) is 1. The SMILES string of the molecule is COc1cccc(NC(=O)CC(N)C(C)C)c1. The maximum absolute atomic E-state index is 11.7. The van der Waals surface area contributed by atoms with Gasteiger partial charge in [0.2, 0.25) is 5.91 Å². The fourth-order valence-corrected chi connectivity index (χ4v) is 1.36. The lowest BCUT2D eigenvalue weighted by Crippen LogP contribution is -2.31. The maximum atomic E-state index is 11.7. The Kier molecular flexibility index (Phi) is 4.97. The van der Waals surface area contributed by atoms with Gasteiger partial charge in [0.05, 0.1) is 7.11 Å². The fourth-order valence-electron chi connectivity index (χ4n) is 1.36. The molecule has 0 aliphatic heterocycles. The number of benzene rings is 1. The van der Waals surface area contributed by atoms with E-state index in [1.165, 1.54) is 0 Å². The normalized spacial score (nSPS) is 12.3. The molecular formula is C13H20N2O2. The standard InChI is InChI=1S/C13H20N2O2/c1-9(2)12(14)8-13(16)15-10-5-4-6-11(7-10)17-3/h4-7,9,12H,8,14H2,1-3H3,(H,15,16). The molecular weight excluding hydrogens is 216 g/mol. The molecule has 0 saturated carbocycles. The molecule has 17 heavy (non-hydrogen) atoms. The molecule has 1 rings (SSSR count). The first-order valence-corrected chi connectivity index (χ1v) is 5.72. The molecule has 0 aliphatic carbocycles. The number of amides is 1. The number of anilines is 1. The van der Waals surface area contributed by atoms with E-state index in [0.29, 0.717) is 12.3 Å². The highest BCUT2D eigenvalue weighted by atomic mass is 16.5. The van der Waals surface area contributed by atoms with Crippen molar-refractivity contribution < 1.29 is 9.53 Å². The third-order valence-electron chi connectivity index (χ3n) is 2.63. The lowest BCUT2D eigenvalue weighted by molar-refractivity contribution is -0.116. The van der Waals surface area contributed by atoms with Crippen molar-refractivity contribution in [3.8, 4) is 5.75 Å². The second-order valence-corrected chi connectivity index (χ2v) is 4.39. The molecule has 1 amide bonds. The van der Waals surface area contributed by atoms with Gasteiger partial charge in [0.25, 0.3) is 0 Å². The lowest BCUT2D eigenvalue weighted by atomic mass is 10.0. The Labute approximate surface area is 102 Å². The summed E-state index contributed by atoms with van der Waals surface area (Å²) in [4.78, 5) is 11.7. The molecule has 1 unspecified atom stereocenters. The zero-order valence-corrected chi connectivity index (χ0v) is 10.6. The molecule has 0 bridgehead atoms. The lowest BCUT2D eigenvalue weighted by Gasteiger charge is -2.15. The van der Waals surface area contributed by atoms with Crippen molar-refractivity contribution in [1.82, 2.24) is 0 Å². The molecule has 1 aromatic carbocycles. The Bertz CT molecular complexity index is 377. The smallest absolute Gasteiger partial charge is 0.225 e. The minimum absolute atomic E-state index is 0.0700. The van der Waals surface area contributed by atoms with E-state index in [9.17, 15) is 4.79 Å². The predicted molar refractivity (Wildman–Crippen MR) is 69.1 cm³/mol. The summed E-state index contributed by atoms with van der Waals surface area (Å²) in [5.74, 6) is 0.946. The molecule has 0 heterocycles. The molecule has 4 nitrogen and oxygen atoms in total. The Morgan fingerprint density at radius 3 is 2.76 bits per heavy atom. The van der Waals surface area contributed by atoms with Gasteiger partial charge in [-0.05, 0) is 18.1 Å². The first kappa shape index (κ1) is 13.5. The molecule has 3 N–H and O–H groups in total. The van der Waals surface area contributed by atoms with Crippen molar-refractivity contribution in [2.45, 2.75) is 26.3 Å². The molecule has 0 radical (unpaired) electrons. The molecule has 0 aliphatic rings. The van der Waals surface area contributed by atoms with E-state index >= 15 is 0 Å². The van der Waals surface area contributed by atoms with Crippen LogP contribution in [0.4, 0.5) is 5.69 Å². The van der Waals surface area contributed by atoms with E-state index in [4.69, 9.17) is 10.5 Å². The van der Waals surface area contributed by atoms with Gasteiger partial charge in [0, 0.05) is 24.2 Å². The van der Waals surface area contributed by atoms with Gasteiger partial charge in [-0.25, -0.2) is 0 Å². The van der Waals surface area contributed by atoms with Crippen molar-refractivity contribution in [2.75, 3.05) is 12.4 Å². The summed E-state index contributed by atoms with van der Waals surface area (Å²) >= 11 is 0. The number of ether oxygens (including phenoxy) is 1. The summed E-state index contributed by atoms with van der Waals surface area (Å²) in [6, 6.07) is 7.15. The molecule has 94 valence electrons. The van der Waals surface area contributed by atoms with Gasteiger partial charge in [0.1, 0.15) is 5.75 Å². The van der Waals surface area contributed by atoms with Gasteiger partial charge in [-0.2, -0.15) is 0 Å².